The number of carbonyl (C=O) groups is 1. The maximum atomic E-state index is 12.2. The number of nitrogens with one attached hydrogen (secondary N) is 1. The highest BCUT2D eigenvalue weighted by atomic mass is 32.2. The van der Waals surface area contributed by atoms with Gasteiger partial charge in [0, 0.05) is 26.5 Å². The molecule has 0 aliphatic carbocycles. The Hall–Kier alpha value is -2.75. The van der Waals surface area contributed by atoms with Gasteiger partial charge in [-0.3, -0.25) is 19.1 Å². The highest BCUT2D eigenvalue weighted by molar-refractivity contribution is 7.90. The standard InChI is InChI=1S/C13H14N4O5S/c1-8-4-5-9(14-6-8)11(18)15-23(21,22)10-7-16(2)13(20)17(3)12(10)19/h4-7H,1-3H3,(H,15,18). The van der Waals surface area contributed by atoms with Crippen molar-refractivity contribution in [3.05, 3.63) is 56.6 Å². The Balaban J connectivity index is 2.44. The molecule has 0 aliphatic rings. The van der Waals surface area contributed by atoms with Gasteiger partial charge in [-0.1, -0.05) is 6.07 Å². The summed E-state index contributed by atoms with van der Waals surface area (Å²) in [7, 11) is -2.00. The van der Waals surface area contributed by atoms with Gasteiger partial charge >= 0.3 is 5.69 Å². The summed E-state index contributed by atoms with van der Waals surface area (Å²) < 4.78 is 27.8. The van der Waals surface area contributed by atoms with E-state index in [4.69, 9.17) is 0 Å². The molecule has 9 nitrogen and oxygen atoms in total. The molecule has 0 radical (unpaired) electrons. The van der Waals surface area contributed by atoms with Crippen LogP contribution in [0, 0.1) is 6.92 Å². The fourth-order valence-electron chi connectivity index (χ4n) is 1.79. The number of hydrogen-bond acceptors (Lipinski definition) is 6. The van der Waals surface area contributed by atoms with Crippen LogP contribution in [0.3, 0.4) is 0 Å². The summed E-state index contributed by atoms with van der Waals surface area (Å²) in [5.74, 6) is -0.971. The lowest BCUT2D eigenvalue weighted by atomic mass is 10.3. The molecule has 0 spiro atoms. The van der Waals surface area contributed by atoms with Crippen LogP contribution in [0.2, 0.25) is 0 Å². The fourth-order valence-corrected chi connectivity index (χ4v) is 2.91. The third-order valence-corrected chi connectivity index (χ3v) is 4.39. The van der Waals surface area contributed by atoms with Crippen molar-refractivity contribution in [2.45, 2.75) is 11.8 Å². The summed E-state index contributed by atoms with van der Waals surface area (Å²) in [5.41, 5.74) is -1.01. The quantitative estimate of drug-likeness (QED) is 0.759. The molecule has 1 amide bonds. The van der Waals surface area contributed by atoms with Crippen molar-refractivity contribution in [3.63, 3.8) is 0 Å². The van der Waals surface area contributed by atoms with Gasteiger partial charge < -0.3 is 4.57 Å². The molecule has 2 rings (SSSR count). The van der Waals surface area contributed by atoms with Crippen LogP contribution >= 0.6 is 0 Å². The Morgan fingerprint density at radius 3 is 2.43 bits per heavy atom. The summed E-state index contributed by atoms with van der Waals surface area (Å²) in [4.78, 5) is 38.6. The average molecular weight is 338 g/mol. The molecular formula is C13H14N4O5S. The molecule has 0 fully saturated rings. The zero-order valence-electron chi connectivity index (χ0n) is 12.6. The molecule has 2 heterocycles. The monoisotopic (exact) mass is 338 g/mol. The minimum Gasteiger partial charge on any atom is -0.302 e. The van der Waals surface area contributed by atoms with Gasteiger partial charge in [-0.2, -0.15) is 0 Å². The largest absolute Gasteiger partial charge is 0.330 e. The average Bonchev–Trinajstić information content (AvgIpc) is 2.48. The van der Waals surface area contributed by atoms with E-state index < -0.39 is 32.1 Å². The van der Waals surface area contributed by atoms with E-state index in [1.807, 2.05) is 0 Å². The second-order valence-electron chi connectivity index (χ2n) is 4.91. The Labute approximate surface area is 131 Å². The normalized spacial score (nSPS) is 11.3. The number of rotatable bonds is 3. The maximum absolute atomic E-state index is 12.2. The van der Waals surface area contributed by atoms with Crippen LogP contribution in [-0.4, -0.2) is 28.4 Å². The Bertz CT molecular complexity index is 987. The van der Waals surface area contributed by atoms with Crippen LogP contribution in [0.25, 0.3) is 0 Å². The van der Waals surface area contributed by atoms with E-state index in [2.05, 4.69) is 4.98 Å². The van der Waals surface area contributed by atoms with Crippen molar-refractivity contribution in [2.75, 3.05) is 0 Å². The molecule has 1 N–H and O–H groups in total. The zero-order chi connectivity index (χ0) is 17.4. The highest BCUT2D eigenvalue weighted by Crippen LogP contribution is 2.03. The molecule has 0 atom stereocenters. The summed E-state index contributed by atoms with van der Waals surface area (Å²) >= 11 is 0. The molecule has 0 unspecified atom stereocenters. The minimum atomic E-state index is -4.44. The fraction of sp³-hybridized carbons (Fsp3) is 0.231. The number of hydrogen-bond donors (Lipinski definition) is 1. The number of pyridine rings is 1. The predicted octanol–water partition coefficient (Wildman–Crippen LogP) is -1.09. The van der Waals surface area contributed by atoms with E-state index >= 15 is 0 Å². The number of amides is 1. The second kappa shape index (κ2) is 5.80. The molecule has 0 saturated carbocycles. The van der Waals surface area contributed by atoms with Crippen LogP contribution in [0.5, 0.6) is 0 Å². The molecule has 0 aromatic carbocycles. The third kappa shape index (κ3) is 3.21. The van der Waals surface area contributed by atoms with Gasteiger partial charge in [0.15, 0.2) is 4.90 Å². The molecular weight excluding hydrogens is 324 g/mol. The van der Waals surface area contributed by atoms with Crippen molar-refractivity contribution >= 4 is 15.9 Å². The van der Waals surface area contributed by atoms with Gasteiger partial charge in [0.2, 0.25) is 0 Å². The van der Waals surface area contributed by atoms with Crippen LogP contribution in [-0.2, 0) is 24.1 Å². The molecule has 0 aliphatic heterocycles. The van der Waals surface area contributed by atoms with E-state index in [1.165, 1.54) is 19.3 Å². The first-order valence-corrected chi connectivity index (χ1v) is 7.88. The van der Waals surface area contributed by atoms with E-state index in [-0.39, 0.29) is 5.69 Å². The summed E-state index contributed by atoms with van der Waals surface area (Å²) in [6, 6.07) is 2.96. The Kier molecular flexibility index (Phi) is 4.19. The first-order valence-electron chi connectivity index (χ1n) is 6.40. The van der Waals surface area contributed by atoms with Crippen molar-refractivity contribution in [3.8, 4) is 0 Å². The van der Waals surface area contributed by atoms with Crippen molar-refractivity contribution in [2.24, 2.45) is 14.1 Å². The van der Waals surface area contributed by atoms with E-state index in [0.717, 1.165) is 23.4 Å². The minimum absolute atomic E-state index is 0.110. The number of nitrogens with zero attached hydrogens (tertiary/aromatic N) is 3. The lowest BCUT2D eigenvalue weighted by Gasteiger charge is -2.09. The molecule has 2 aromatic rings. The Morgan fingerprint density at radius 2 is 1.87 bits per heavy atom. The van der Waals surface area contributed by atoms with Crippen LogP contribution in [0.15, 0.2) is 39.0 Å². The van der Waals surface area contributed by atoms with Crippen molar-refractivity contribution in [1.82, 2.24) is 18.8 Å². The van der Waals surface area contributed by atoms with Gasteiger partial charge in [-0.15, -0.1) is 0 Å². The summed E-state index contributed by atoms with van der Waals surface area (Å²) in [5, 5.41) is 0. The molecule has 23 heavy (non-hydrogen) atoms. The molecule has 0 saturated heterocycles. The summed E-state index contributed by atoms with van der Waals surface area (Å²) in [6.07, 6.45) is 2.27. The van der Waals surface area contributed by atoms with Crippen LogP contribution in [0.1, 0.15) is 16.1 Å². The maximum Gasteiger partial charge on any atom is 0.330 e. The molecule has 2 aromatic heterocycles. The van der Waals surface area contributed by atoms with Crippen molar-refractivity contribution in [1.29, 1.82) is 0 Å². The first-order chi connectivity index (χ1) is 10.6. The molecule has 10 heteroatoms. The number of aryl methyl sites for hydroxylation is 2. The van der Waals surface area contributed by atoms with E-state index in [1.54, 1.807) is 17.7 Å². The zero-order valence-corrected chi connectivity index (χ0v) is 13.4. The van der Waals surface area contributed by atoms with E-state index in [0.29, 0.717) is 4.57 Å². The first kappa shape index (κ1) is 16.6. The van der Waals surface area contributed by atoms with Gasteiger partial charge in [-0.25, -0.2) is 17.9 Å². The van der Waals surface area contributed by atoms with Gasteiger partial charge in [0.05, 0.1) is 0 Å². The molecule has 0 bridgehead atoms. The predicted molar refractivity (Wildman–Crippen MR) is 80.6 cm³/mol. The van der Waals surface area contributed by atoms with Crippen LogP contribution < -0.4 is 16.0 Å². The third-order valence-electron chi connectivity index (χ3n) is 3.08. The highest BCUT2D eigenvalue weighted by Gasteiger charge is 2.24. The Morgan fingerprint density at radius 1 is 1.22 bits per heavy atom. The number of carbonyl (C=O) groups excluding carboxylic acids is 1. The smallest absolute Gasteiger partial charge is 0.302 e. The van der Waals surface area contributed by atoms with Crippen molar-refractivity contribution < 1.29 is 13.2 Å². The number of aromatic nitrogens is 3. The van der Waals surface area contributed by atoms with Gasteiger partial charge in [0.1, 0.15) is 5.69 Å². The topological polar surface area (TPSA) is 120 Å². The number of sulfonamides is 1. The lowest BCUT2D eigenvalue weighted by Crippen LogP contribution is -2.42. The second-order valence-corrected chi connectivity index (χ2v) is 6.56. The van der Waals surface area contributed by atoms with Crippen LogP contribution in [0.4, 0.5) is 0 Å². The lowest BCUT2D eigenvalue weighted by molar-refractivity contribution is 0.0976. The van der Waals surface area contributed by atoms with E-state index in [9.17, 15) is 22.8 Å². The summed E-state index contributed by atoms with van der Waals surface area (Å²) in [6.45, 7) is 1.76. The van der Waals surface area contributed by atoms with Gasteiger partial charge in [0.25, 0.3) is 21.5 Å². The van der Waals surface area contributed by atoms with Gasteiger partial charge in [-0.05, 0) is 18.6 Å². The SMILES string of the molecule is Cc1ccc(C(=O)NS(=O)(=O)c2cn(C)c(=O)n(C)c2=O)nc1. The molecule has 122 valence electrons.